The quantitative estimate of drug-likeness (QED) is 0.433. The molecule has 124 valence electrons. The second-order valence-electron chi connectivity index (χ2n) is 5.26. The lowest BCUT2D eigenvalue weighted by Crippen LogP contribution is -2.50. The monoisotopic (exact) mass is 340 g/mol. The fraction of sp³-hybridized carbons (Fsp3) is 0.357. The van der Waals surface area contributed by atoms with E-state index in [4.69, 9.17) is 0 Å². The molecule has 1 unspecified atom stereocenters. The molecule has 1 aromatic rings. The van der Waals surface area contributed by atoms with Crippen molar-refractivity contribution in [1.82, 2.24) is 9.47 Å². The van der Waals surface area contributed by atoms with Crippen LogP contribution in [0.2, 0.25) is 0 Å². The summed E-state index contributed by atoms with van der Waals surface area (Å²) in [5.41, 5.74) is 0.222. The summed E-state index contributed by atoms with van der Waals surface area (Å²) >= 11 is 0.734. The number of aromatic hydroxyl groups is 2. The molecule has 1 fully saturated rings. The minimum Gasteiger partial charge on any atom is -0.494 e. The lowest BCUT2D eigenvalue weighted by Gasteiger charge is -2.41. The van der Waals surface area contributed by atoms with Gasteiger partial charge in [0.1, 0.15) is 11.9 Å². The number of allylic oxidation sites excluding steroid dienone is 1. The highest BCUT2D eigenvalue weighted by Crippen LogP contribution is 2.44. The van der Waals surface area contributed by atoms with Gasteiger partial charge in [-0.25, -0.2) is 4.79 Å². The Kier molecular flexibility index (Phi) is 4.42. The van der Waals surface area contributed by atoms with Crippen molar-refractivity contribution in [3.05, 3.63) is 17.3 Å². The van der Waals surface area contributed by atoms with E-state index < -0.39 is 18.0 Å². The number of carbonyl (C=O) groups excluding carboxylic acids is 2. The van der Waals surface area contributed by atoms with Gasteiger partial charge >= 0.3 is 5.97 Å². The molecule has 3 N–H and O–H groups in total. The summed E-state index contributed by atoms with van der Waals surface area (Å²) in [6.07, 6.45) is -0.922. The van der Waals surface area contributed by atoms with Gasteiger partial charge in [0.25, 0.3) is 0 Å². The summed E-state index contributed by atoms with van der Waals surface area (Å²) in [4.78, 5) is 35.6. The maximum absolute atomic E-state index is 11.9. The standard InChI is InChI=1S/C14H16N2O6S/c1-6(2)12(14(21)22)15-9(5-11(15)19)16-10(18)4-8(13(16)20)23-7(3)17/h4,9,18,20H,5H2,1-3H3,(H,21,22). The van der Waals surface area contributed by atoms with Gasteiger partial charge in [0.15, 0.2) is 11.0 Å². The second kappa shape index (κ2) is 5.99. The smallest absolute Gasteiger partial charge is 0.352 e. The molecule has 2 rings (SSSR count). The van der Waals surface area contributed by atoms with Crippen molar-refractivity contribution in [3.8, 4) is 11.8 Å². The van der Waals surface area contributed by atoms with Crippen molar-refractivity contribution < 1.29 is 29.7 Å². The van der Waals surface area contributed by atoms with Gasteiger partial charge in [-0.1, -0.05) is 0 Å². The molecule has 1 saturated heterocycles. The number of aliphatic carboxylic acids is 1. The number of hydrogen-bond donors (Lipinski definition) is 3. The number of carboxylic acid groups (broad SMARTS) is 1. The Labute approximate surface area is 136 Å². The van der Waals surface area contributed by atoms with E-state index in [9.17, 15) is 29.7 Å². The minimum atomic E-state index is -1.27. The van der Waals surface area contributed by atoms with Crippen LogP contribution >= 0.6 is 11.8 Å². The largest absolute Gasteiger partial charge is 0.494 e. The average molecular weight is 340 g/mol. The molecule has 0 aliphatic carbocycles. The van der Waals surface area contributed by atoms with Gasteiger partial charge in [0.05, 0.1) is 11.3 Å². The van der Waals surface area contributed by atoms with Crippen molar-refractivity contribution in [3.63, 3.8) is 0 Å². The predicted molar refractivity (Wildman–Crippen MR) is 80.8 cm³/mol. The van der Waals surface area contributed by atoms with Crippen LogP contribution in [0, 0.1) is 0 Å². The number of carboxylic acids is 1. The van der Waals surface area contributed by atoms with Gasteiger partial charge in [-0.2, -0.15) is 0 Å². The number of β-lactam (4-membered cyclic amide) rings is 1. The second-order valence-corrected chi connectivity index (χ2v) is 6.48. The molecule has 0 bridgehead atoms. The van der Waals surface area contributed by atoms with E-state index in [1.807, 2.05) is 0 Å². The molecule has 0 spiro atoms. The number of hydrogen-bond acceptors (Lipinski definition) is 6. The van der Waals surface area contributed by atoms with Gasteiger partial charge in [0.2, 0.25) is 11.8 Å². The maximum atomic E-state index is 11.9. The fourth-order valence-electron chi connectivity index (χ4n) is 2.44. The van der Waals surface area contributed by atoms with E-state index >= 15 is 0 Å². The van der Waals surface area contributed by atoms with Gasteiger partial charge < -0.3 is 15.3 Å². The molecule has 1 aromatic heterocycles. The summed E-state index contributed by atoms with van der Waals surface area (Å²) in [5.74, 6) is -2.44. The van der Waals surface area contributed by atoms with Crippen LogP contribution in [0.15, 0.2) is 22.2 Å². The third-order valence-electron chi connectivity index (χ3n) is 3.35. The van der Waals surface area contributed by atoms with Gasteiger partial charge in [-0.3, -0.25) is 19.1 Å². The molecule has 1 amide bonds. The molecule has 0 saturated carbocycles. The highest BCUT2D eigenvalue weighted by molar-refractivity contribution is 8.13. The number of likely N-dealkylation sites (tertiary alicyclic amines) is 1. The third-order valence-corrected chi connectivity index (χ3v) is 4.16. The first-order chi connectivity index (χ1) is 10.6. The van der Waals surface area contributed by atoms with Crippen molar-refractivity contribution in [2.45, 2.75) is 38.3 Å². The van der Waals surface area contributed by atoms with E-state index in [0.717, 1.165) is 21.2 Å². The molecule has 8 nitrogen and oxygen atoms in total. The Hall–Kier alpha value is -2.42. The maximum Gasteiger partial charge on any atom is 0.352 e. The molecule has 1 aliphatic heterocycles. The molecule has 1 aliphatic rings. The molecule has 0 aromatic carbocycles. The first-order valence-corrected chi connectivity index (χ1v) is 7.51. The zero-order chi connectivity index (χ0) is 17.5. The molecule has 23 heavy (non-hydrogen) atoms. The Morgan fingerprint density at radius 1 is 1.26 bits per heavy atom. The molecule has 2 heterocycles. The normalized spacial score (nSPS) is 16.9. The number of thioether (sulfide) groups is 1. The molecule has 9 heteroatoms. The highest BCUT2D eigenvalue weighted by Gasteiger charge is 2.44. The number of carbonyl (C=O) groups is 3. The van der Waals surface area contributed by atoms with Gasteiger partial charge in [-0.05, 0) is 31.2 Å². The van der Waals surface area contributed by atoms with Crippen LogP contribution in [0.3, 0.4) is 0 Å². The Balaban J connectivity index is 2.45. The van der Waals surface area contributed by atoms with Gasteiger partial charge in [0, 0.05) is 13.0 Å². The van der Waals surface area contributed by atoms with Crippen LogP contribution in [0.1, 0.15) is 33.4 Å². The number of rotatable bonds is 4. The molecule has 1 atom stereocenters. The predicted octanol–water partition coefficient (Wildman–Crippen LogP) is 1.65. The summed E-state index contributed by atoms with van der Waals surface area (Å²) in [6, 6.07) is 1.20. The average Bonchev–Trinajstić information content (AvgIpc) is 2.66. The first kappa shape index (κ1) is 16.9. The molecule has 0 radical (unpaired) electrons. The van der Waals surface area contributed by atoms with Crippen LogP contribution in [0.25, 0.3) is 0 Å². The summed E-state index contributed by atoms with van der Waals surface area (Å²) in [6.45, 7) is 4.42. The zero-order valence-electron chi connectivity index (χ0n) is 12.7. The molecular formula is C14H16N2O6S. The van der Waals surface area contributed by atoms with Crippen molar-refractivity contribution in [2.24, 2.45) is 0 Å². The summed E-state index contributed by atoms with van der Waals surface area (Å²) < 4.78 is 1.04. The Bertz CT molecular complexity index is 732. The van der Waals surface area contributed by atoms with Crippen molar-refractivity contribution >= 4 is 28.8 Å². The summed E-state index contributed by atoms with van der Waals surface area (Å²) in [5, 5.41) is 29.2. The van der Waals surface area contributed by atoms with Crippen LogP contribution in [-0.2, 0) is 14.4 Å². The lowest BCUT2D eigenvalue weighted by molar-refractivity contribution is -0.153. The topological polar surface area (TPSA) is 120 Å². The van der Waals surface area contributed by atoms with E-state index in [0.29, 0.717) is 5.57 Å². The van der Waals surface area contributed by atoms with Crippen LogP contribution in [0.5, 0.6) is 11.8 Å². The lowest BCUT2D eigenvalue weighted by atomic mass is 10.1. The highest BCUT2D eigenvalue weighted by atomic mass is 32.2. The Morgan fingerprint density at radius 3 is 2.30 bits per heavy atom. The number of amides is 1. The summed E-state index contributed by atoms with van der Waals surface area (Å²) in [7, 11) is 0. The zero-order valence-corrected chi connectivity index (χ0v) is 13.5. The number of aromatic nitrogens is 1. The van der Waals surface area contributed by atoms with Gasteiger partial charge in [-0.15, -0.1) is 0 Å². The fourth-order valence-corrected chi connectivity index (χ4v) is 3.10. The minimum absolute atomic E-state index is 0.0654. The van der Waals surface area contributed by atoms with E-state index in [1.54, 1.807) is 13.8 Å². The number of nitrogens with zero attached hydrogens (tertiary/aromatic N) is 2. The van der Waals surface area contributed by atoms with Crippen molar-refractivity contribution in [1.29, 1.82) is 0 Å². The van der Waals surface area contributed by atoms with E-state index in [-0.39, 0.29) is 33.9 Å². The molecular weight excluding hydrogens is 324 g/mol. The van der Waals surface area contributed by atoms with Crippen LogP contribution in [0.4, 0.5) is 0 Å². The van der Waals surface area contributed by atoms with Crippen LogP contribution in [-0.4, -0.2) is 41.8 Å². The first-order valence-electron chi connectivity index (χ1n) is 6.69. The van der Waals surface area contributed by atoms with Crippen LogP contribution < -0.4 is 0 Å². The van der Waals surface area contributed by atoms with E-state index in [1.165, 1.54) is 13.0 Å². The Morgan fingerprint density at radius 2 is 1.87 bits per heavy atom. The third kappa shape index (κ3) is 2.91. The van der Waals surface area contributed by atoms with E-state index in [2.05, 4.69) is 0 Å². The van der Waals surface area contributed by atoms with Crippen molar-refractivity contribution in [2.75, 3.05) is 0 Å². The SMILES string of the molecule is CC(=O)Sc1cc(O)n(C2CC(=O)N2C(C(=O)O)=C(C)C)c1O.